The van der Waals surface area contributed by atoms with Gasteiger partial charge in [0.1, 0.15) is 0 Å². The third kappa shape index (κ3) is 1.92. The SMILES string of the molecule is Cn1cc(SC2CC(C(=O)O)C2)cn1. The molecule has 1 aromatic heterocycles. The largest absolute Gasteiger partial charge is 0.481 e. The van der Waals surface area contributed by atoms with Crippen LogP contribution in [0.3, 0.4) is 0 Å². The van der Waals surface area contributed by atoms with Gasteiger partial charge in [0.15, 0.2) is 0 Å². The Morgan fingerprint density at radius 2 is 2.43 bits per heavy atom. The summed E-state index contributed by atoms with van der Waals surface area (Å²) in [7, 11) is 1.88. The summed E-state index contributed by atoms with van der Waals surface area (Å²) in [5, 5.41) is 13.2. The third-order valence-electron chi connectivity index (χ3n) is 2.43. The summed E-state index contributed by atoms with van der Waals surface area (Å²) in [6.45, 7) is 0. The highest BCUT2D eigenvalue weighted by Crippen LogP contribution is 2.40. The van der Waals surface area contributed by atoms with Crippen LogP contribution in [0.1, 0.15) is 12.8 Å². The van der Waals surface area contributed by atoms with E-state index in [1.54, 1.807) is 16.4 Å². The van der Waals surface area contributed by atoms with Crippen LogP contribution in [0.5, 0.6) is 0 Å². The number of hydrogen-bond donors (Lipinski definition) is 1. The molecule has 0 atom stereocenters. The monoisotopic (exact) mass is 212 g/mol. The summed E-state index contributed by atoms with van der Waals surface area (Å²) in [4.78, 5) is 11.7. The molecule has 0 saturated heterocycles. The lowest BCUT2D eigenvalue weighted by molar-refractivity contribution is -0.144. The van der Waals surface area contributed by atoms with E-state index in [-0.39, 0.29) is 5.92 Å². The molecule has 0 aromatic carbocycles. The minimum Gasteiger partial charge on any atom is -0.481 e. The maximum Gasteiger partial charge on any atom is 0.306 e. The number of carboxylic acid groups (broad SMARTS) is 1. The lowest BCUT2D eigenvalue weighted by Gasteiger charge is -2.31. The van der Waals surface area contributed by atoms with Crippen molar-refractivity contribution in [3.63, 3.8) is 0 Å². The zero-order valence-electron chi connectivity index (χ0n) is 7.88. The van der Waals surface area contributed by atoms with Crippen LogP contribution in [-0.2, 0) is 11.8 Å². The second-order valence-corrected chi connectivity index (χ2v) is 4.97. The Labute approximate surface area is 86.3 Å². The predicted octanol–water partition coefficient (Wildman–Crippen LogP) is 1.38. The van der Waals surface area contributed by atoms with Crippen LogP contribution in [0, 0.1) is 5.92 Å². The molecule has 1 aliphatic rings. The standard InChI is InChI=1S/C9H12N2O2S/c1-11-5-8(4-10-11)14-7-2-6(3-7)9(12)13/h4-7H,2-3H2,1H3,(H,12,13). The summed E-state index contributed by atoms with van der Waals surface area (Å²) in [6.07, 6.45) is 5.35. The molecule has 0 radical (unpaired) electrons. The molecular weight excluding hydrogens is 200 g/mol. The summed E-state index contributed by atoms with van der Waals surface area (Å²) < 4.78 is 1.76. The normalized spacial score (nSPS) is 25.8. The van der Waals surface area contributed by atoms with Gasteiger partial charge in [-0.25, -0.2) is 0 Å². The maximum absolute atomic E-state index is 10.6. The van der Waals surface area contributed by atoms with Gasteiger partial charge in [0, 0.05) is 23.4 Å². The highest BCUT2D eigenvalue weighted by atomic mass is 32.2. The molecule has 0 spiro atoms. The van der Waals surface area contributed by atoms with E-state index in [0.29, 0.717) is 5.25 Å². The molecule has 1 heterocycles. The smallest absolute Gasteiger partial charge is 0.306 e. The number of aromatic nitrogens is 2. The summed E-state index contributed by atoms with van der Waals surface area (Å²) in [6, 6.07) is 0. The molecule has 0 amide bonds. The Bertz CT molecular complexity index is 344. The lowest BCUT2D eigenvalue weighted by atomic mass is 9.85. The van der Waals surface area contributed by atoms with Crippen LogP contribution in [0.15, 0.2) is 17.3 Å². The van der Waals surface area contributed by atoms with Gasteiger partial charge in [-0.05, 0) is 12.8 Å². The van der Waals surface area contributed by atoms with Gasteiger partial charge in [-0.2, -0.15) is 5.10 Å². The Hall–Kier alpha value is -0.970. The average Bonchev–Trinajstić information content (AvgIpc) is 2.42. The Kier molecular flexibility index (Phi) is 2.50. The van der Waals surface area contributed by atoms with Crippen molar-refractivity contribution in [3.8, 4) is 0 Å². The van der Waals surface area contributed by atoms with Crippen molar-refractivity contribution in [2.75, 3.05) is 0 Å². The second-order valence-electron chi connectivity index (χ2n) is 3.60. The van der Waals surface area contributed by atoms with Crippen molar-refractivity contribution in [2.45, 2.75) is 23.0 Å². The van der Waals surface area contributed by atoms with Crippen molar-refractivity contribution in [3.05, 3.63) is 12.4 Å². The first-order valence-electron chi connectivity index (χ1n) is 4.53. The van der Waals surface area contributed by atoms with Gasteiger partial charge in [-0.1, -0.05) is 0 Å². The number of aliphatic carboxylic acids is 1. The number of hydrogen-bond acceptors (Lipinski definition) is 3. The quantitative estimate of drug-likeness (QED) is 0.822. The van der Waals surface area contributed by atoms with Gasteiger partial charge in [0.05, 0.1) is 12.1 Å². The van der Waals surface area contributed by atoms with Gasteiger partial charge < -0.3 is 5.11 Å². The lowest BCUT2D eigenvalue weighted by Crippen LogP contribution is -2.32. The minimum absolute atomic E-state index is 0.121. The molecule has 4 nitrogen and oxygen atoms in total. The molecule has 1 aliphatic carbocycles. The van der Waals surface area contributed by atoms with E-state index >= 15 is 0 Å². The predicted molar refractivity (Wildman–Crippen MR) is 53.2 cm³/mol. The van der Waals surface area contributed by atoms with E-state index in [4.69, 9.17) is 5.11 Å². The van der Waals surface area contributed by atoms with Crippen molar-refractivity contribution in [1.29, 1.82) is 0 Å². The van der Waals surface area contributed by atoms with E-state index in [9.17, 15) is 4.79 Å². The number of rotatable bonds is 3. The first kappa shape index (κ1) is 9.58. The number of carboxylic acids is 1. The highest BCUT2D eigenvalue weighted by molar-refractivity contribution is 8.00. The molecular formula is C9H12N2O2S. The van der Waals surface area contributed by atoms with Gasteiger partial charge in [0.25, 0.3) is 0 Å². The van der Waals surface area contributed by atoms with Gasteiger partial charge >= 0.3 is 5.97 Å². The molecule has 2 rings (SSSR count). The van der Waals surface area contributed by atoms with Crippen molar-refractivity contribution in [1.82, 2.24) is 9.78 Å². The Morgan fingerprint density at radius 3 is 2.93 bits per heavy atom. The molecule has 1 N–H and O–H groups in total. The van der Waals surface area contributed by atoms with Gasteiger partial charge in [-0.15, -0.1) is 11.8 Å². The van der Waals surface area contributed by atoms with Crippen molar-refractivity contribution < 1.29 is 9.90 Å². The molecule has 0 unspecified atom stereocenters. The third-order valence-corrected chi connectivity index (χ3v) is 3.63. The maximum atomic E-state index is 10.6. The van der Waals surface area contributed by atoms with E-state index in [1.165, 1.54) is 0 Å². The number of aryl methyl sites for hydroxylation is 1. The summed E-state index contributed by atoms with van der Waals surface area (Å²) >= 11 is 1.73. The molecule has 0 bridgehead atoms. The summed E-state index contributed by atoms with van der Waals surface area (Å²) in [5.41, 5.74) is 0. The zero-order chi connectivity index (χ0) is 10.1. The number of carbonyl (C=O) groups is 1. The topological polar surface area (TPSA) is 55.1 Å². The van der Waals surface area contributed by atoms with Crippen LogP contribution < -0.4 is 0 Å². The fraction of sp³-hybridized carbons (Fsp3) is 0.556. The zero-order valence-corrected chi connectivity index (χ0v) is 8.70. The first-order valence-corrected chi connectivity index (χ1v) is 5.41. The second kappa shape index (κ2) is 3.65. The van der Waals surface area contributed by atoms with Crippen LogP contribution in [0.25, 0.3) is 0 Å². The van der Waals surface area contributed by atoms with E-state index in [1.807, 2.05) is 19.4 Å². The highest BCUT2D eigenvalue weighted by Gasteiger charge is 2.34. The van der Waals surface area contributed by atoms with E-state index in [0.717, 1.165) is 17.7 Å². The minimum atomic E-state index is -0.659. The molecule has 1 saturated carbocycles. The number of thioether (sulfide) groups is 1. The molecule has 5 heteroatoms. The molecule has 1 aromatic rings. The molecule has 0 aliphatic heterocycles. The number of nitrogens with zero attached hydrogens (tertiary/aromatic N) is 2. The first-order chi connectivity index (χ1) is 6.65. The van der Waals surface area contributed by atoms with Crippen LogP contribution in [0.2, 0.25) is 0 Å². The Morgan fingerprint density at radius 1 is 1.71 bits per heavy atom. The van der Waals surface area contributed by atoms with Crippen LogP contribution >= 0.6 is 11.8 Å². The molecule has 76 valence electrons. The van der Waals surface area contributed by atoms with E-state index < -0.39 is 5.97 Å². The molecule has 14 heavy (non-hydrogen) atoms. The van der Waals surface area contributed by atoms with Gasteiger partial charge in [-0.3, -0.25) is 9.48 Å². The average molecular weight is 212 g/mol. The summed E-state index contributed by atoms with van der Waals surface area (Å²) in [5.74, 6) is -0.780. The molecule has 1 fully saturated rings. The van der Waals surface area contributed by atoms with Crippen molar-refractivity contribution >= 4 is 17.7 Å². The Balaban J connectivity index is 1.82. The van der Waals surface area contributed by atoms with E-state index in [2.05, 4.69) is 5.10 Å². The fourth-order valence-electron chi connectivity index (χ4n) is 1.52. The van der Waals surface area contributed by atoms with Crippen LogP contribution in [0.4, 0.5) is 0 Å². The van der Waals surface area contributed by atoms with Gasteiger partial charge in [0.2, 0.25) is 0 Å². The fourth-order valence-corrected chi connectivity index (χ4v) is 2.88. The van der Waals surface area contributed by atoms with Crippen molar-refractivity contribution in [2.24, 2.45) is 13.0 Å². The van der Waals surface area contributed by atoms with Crippen LogP contribution in [-0.4, -0.2) is 26.1 Å².